The van der Waals surface area contributed by atoms with Gasteiger partial charge in [-0.05, 0) is 20.3 Å². The molecule has 15 atom stereocenters. The van der Waals surface area contributed by atoms with Gasteiger partial charge >= 0.3 is 23.9 Å². The van der Waals surface area contributed by atoms with Gasteiger partial charge in [-0.25, -0.2) is 14.4 Å². The standard InChI is InChI=1S/C10H20O4.2C8H14O6.C8H12O5.3H2O/c1-7(12-3)6-9(8(2)13-4)10(11)14-5;2*1-12-6-5(10)4(9)3-14-7(6)8(11)13-2;1-10-6-5-4(13-5)3-12-7(6)8(9)11-2;;;/h7-9H,6H2,1-5H3;2*4-7,9-10H,3H2,1-2H3;4-7H,3H2,1-2H3;3*1H2. The molecule has 0 bridgehead atoms. The average Bonchev–Trinajstić information content (AvgIpc) is 4.00. The lowest BCUT2D eigenvalue weighted by Gasteiger charge is -2.35. The molecule has 4 aliphatic heterocycles. The lowest BCUT2D eigenvalue weighted by Crippen LogP contribution is -2.56. The molecule has 10 N–H and O–H groups in total. The Morgan fingerprint density at radius 1 is 0.569 bits per heavy atom. The van der Waals surface area contributed by atoms with Gasteiger partial charge in [-0.2, -0.15) is 0 Å². The SMILES string of the molecule is COC(=O)C(CC(C)OC)C(C)OC.COC(=O)C1OCC(O)C(O)C1OC.COC(=O)C1OCC(O)C(O)C1OC.COC(=O)C1OCC2OC2C1OC.O.O.O. The molecule has 0 amide bonds. The Kier molecular flexibility index (Phi) is 31.1. The minimum atomic E-state index is -1.14. The molecule has 24 nitrogen and oxygen atoms in total. The molecule has 0 aliphatic carbocycles. The minimum absolute atomic E-state index is 0. The van der Waals surface area contributed by atoms with Crippen molar-refractivity contribution in [3.63, 3.8) is 0 Å². The molecule has 0 aromatic heterocycles. The van der Waals surface area contributed by atoms with Crippen LogP contribution in [0.1, 0.15) is 20.3 Å². The summed E-state index contributed by atoms with van der Waals surface area (Å²) in [5, 5.41) is 37.5. The molecule has 346 valence electrons. The highest BCUT2D eigenvalue weighted by Crippen LogP contribution is 2.34. The van der Waals surface area contributed by atoms with Gasteiger partial charge in [0.15, 0.2) is 18.3 Å². The van der Waals surface area contributed by atoms with E-state index in [4.69, 9.17) is 47.4 Å². The van der Waals surface area contributed by atoms with Crippen LogP contribution in [0.2, 0.25) is 0 Å². The van der Waals surface area contributed by atoms with E-state index in [0.29, 0.717) is 13.0 Å². The molecule has 4 aliphatic rings. The van der Waals surface area contributed by atoms with E-state index >= 15 is 0 Å². The second-order valence-corrected chi connectivity index (χ2v) is 12.5. The van der Waals surface area contributed by atoms with Crippen molar-refractivity contribution >= 4 is 23.9 Å². The number of carbonyl (C=O) groups is 4. The molecule has 0 spiro atoms. The van der Waals surface area contributed by atoms with Crippen LogP contribution in [0.5, 0.6) is 0 Å². The number of epoxide rings is 1. The molecule has 15 unspecified atom stereocenters. The normalized spacial score (nSPS) is 32.0. The summed E-state index contributed by atoms with van der Waals surface area (Å²) >= 11 is 0. The number of aliphatic hydroxyl groups is 4. The number of ether oxygens (including phenoxy) is 13. The predicted octanol–water partition coefficient (Wildman–Crippen LogP) is -5.31. The highest BCUT2D eigenvalue weighted by molar-refractivity contribution is 5.76. The number of hydrogen-bond acceptors (Lipinski definition) is 21. The van der Waals surface area contributed by atoms with Crippen LogP contribution in [0.3, 0.4) is 0 Å². The average molecular weight is 859 g/mol. The first-order valence-corrected chi connectivity index (χ1v) is 17.2. The maximum absolute atomic E-state index is 11.4. The number of esters is 4. The zero-order valence-electron chi connectivity index (χ0n) is 34.7. The third-order valence-corrected chi connectivity index (χ3v) is 9.18. The molecule has 0 saturated carbocycles. The van der Waals surface area contributed by atoms with Gasteiger partial charge in [0.2, 0.25) is 0 Å². The van der Waals surface area contributed by atoms with Gasteiger partial charge in [0, 0.05) is 35.5 Å². The maximum atomic E-state index is 11.4. The van der Waals surface area contributed by atoms with E-state index in [2.05, 4.69) is 14.2 Å². The molecule has 4 heterocycles. The van der Waals surface area contributed by atoms with E-state index in [-0.39, 0.29) is 72.0 Å². The van der Waals surface area contributed by atoms with Crippen LogP contribution in [-0.4, -0.2) is 230 Å². The van der Waals surface area contributed by atoms with Crippen LogP contribution >= 0.6 is 0 Å². The first-order valence-electron chi connectivity index (χ1n) is 17.2. The van der Waals surface area contributed by atoms with E-state index in [1.165, 1.54) is 49.8 Å². The molecule has 58 heavy (non-hydrogen) atoms. The minimum Gasteiger partial charge on any atom is -0.469 e. The lowest BCUT2D eigenvalue weighted by molar-refractivity contribution is -0.210. The lowest BCUT2D eigenvalue weighted by atomic mass is 9.97. The highest BCUT2D eigenvalue weighted by atomic mass is 16.7. The Labute approximate surface area is 337 Å². The van der Waals surface area contributed by atoms with Crippen LogP contribution in [0.25, 0.3) is 0 Å². The Bertz CT molecular complexity index is 1080. The number of aliphatic hydroxyl groups excluding tert-OH is 4. The number of fused-ring (bicyclic) bond motifs is 1. The monoisotopic (exact) mass is 858 g/mol. The summed E-state index contributed by atoms with van der Waals surface area (Å²) in [6, 6.07) is 0. The second kappa shape index (κ2) is 30.3. The van der Waals surface area contributed by atoms with E-state index in [0.717, 1.165) is 0 Å². The summed E-state index contributed by atoms with van der Waals surface area (Å²) in [6.45, 7) is 3.99. The van der Waals surface area contributed by atoms with Crippen molar-refractivity contribution in [3.8, 4) is 0 Å². The summed E-state index contributed by atoms with van der Waals surface area (Å²) in [7, 11) is 12.5. The predicted molar refractivity (Wildman–Crippen MR) is 194 cm³/mol. The number of carbonyl (C=O) groups excluding carboxylic acids is 4. The molecular formula is C34H66O24. The summed E-state index contributed by atoms with van der Waals surface area (Å²) in [6.07, 6.45) is -8.50. The molecule has 24 heteroatoms. The van der Waals surface area contributed by atoms with Crippen molar-refractivity contribution in [1.82, 2.24) is 0 Å². The maximum Gasteiger partial charge on any atom is 0.337 e. The highest BCUT2D eigenvalue weighted by Gasteiger charge is 2.55. The molecule has 4 rings (SSSR count). The Morgan fingerprint density at radius 2 is 0.948 bits per heavy atom. The Balaban J connectivity index is -0.000000684. The first-order chi connectivity index (χ1) is 26.1. The number of rotatable bonds is 12. The second-order valence-electron chi connectivity index (χ2n) is 12.5. The van der Waals surface area contributed by atoms with E-state index in [9.17, 15) is 39.6 Å². The van der Waals surface area contributed by atoms with Crippen molar-refractivity contribution in [2.45, 2.75) is 106 Å². The smallest absolute Gasteiger partial charge is 0.337 e. The molecule has 0 aromatic carbocycles. The van der Waals surface area contributed by atoms with Crippen molar-refractivity contribution in [2.75, 3.05) is 83.8 Å². The number of hydrogen-bond donors (Lipinski definition) is 4. The van der Waals surface area contributed by atoms with Crippen LogP contribution in [0, 0.1) is 5.92 Å². The fraction of sp³-hybridized carbons (Fsp3) is 0.882. The molecule has 0 radical (unpaired) electrons. The van der Waals surface area contributed by atoms with Gasteiger partial charge in [0.05, 0.1) is 66.4 Å². The van der Waals surface area contributed by atoms with E-state index < -0.39 is 72.8 Å². The largest absolute Gasteiger partial charge is 0.469 e. The zero-order valence-corrected chi connectivity index (χ0v) is 34.7. The van der Waals surface area contributed by atoms with Crippen molar-refractivity contribution in [1.29, 1.82) is 0 Å². The fourth-order valence-electron chi connectivity index (χ4n) is 5.62. The van der Waals surface area contributed by atoms with Crippen LogP contribution in [0.4, 0.5) is 0 Å². The molecule has 4 saturated heterocycles. The van der Waals surface area contributed by atoms with Gasteiger partial charge in [0.25, 0.3) is 0 Å². The van der Waals surface area contributed by atoms with Crippen LogP contribution in [0.15, 0.2) is 0 Å². The van der Waals surface area contributed by atoms with Crippen molar-refractivity contribution < 1.29 is 118 Å². The molecule has 0 aromatic rings. The molecular weight excluding hydrogens is 792 g/mol. The van der Waals surface area contributed by atoms with Gasteiger partial charge < -0.3 is 98.4 Å². The van der Waals surface area contributed by atoms with Gasteiger partial charge in [-0.15, -0.1) is 0 Å². The molecule has 4 fully saturated rings. The van der Waals surface area contributed by atoms with Crippen molar-refractivity contribution in [3.05, 3.63) is 0 Å². The van der Waals surface area contributed by atoms with Crippen molar-refractivity contribution in [2.24, 2.45) is 5.92 Å². The third-order valence-electron chi connectivity index (χ3n) is 9.18. The van der Waals surface area contributed by atoms with Gasteiger partial charge in [-0.1, -0.05) is 0 Å². The number of methoxy groups -OCH3 is 9. The van der Waals surface area contributed by atoms with Gasteiger partial charge in [0.1, 0.15) is 54.9 Å². The van der Waals surface area contributed by atoms with E-state index in [1.807, 2.05) is 13.8 Å². The quantitative estimate of drug-likeness (QED) is 0.0809. The Morgan fingerprint density at radius 3 is 1.28 bits per heavy atom. The van der Waals surface area contributed by atoms with Crippen LogP contribution in [-0.2, 0) is 80.8 Å². The van der Waals surface area contributed by atoms with Crippen LogP contribution < -0.4 is 0 Å². The first kappa shape index (κ1) is 59.6. The zero-order chi connectivity index (χ0) is 42.0. The summed E-state index contributed by atoms with van der Waals surface area (Å²) in [4.78, 5) is 45.0. The summed E-state index contributed by atoms with van der Waals surface area (Å²) in [5.41, 5.74) is 0. The summed E-state index contributed by atoms with van der Waals surface area (Å²) in [5.74, 6) is -2.16. The topological polar surface area (TPSA) is 367 Å². The van der Waals surface area contributed by atoms with E-state index in [1.54, 1.807) is 14.2 Å². The summed E-state index contributed by atoms with van der Waals surface area (Å²) < 4.78 is 63.9. The third kappa shape index (κ3) is 17.1. The van der Waals surface area contributed by atoms with Gasteiger partial charge in [-0.3, -0.25) is 4.79 Å². The fourth-order valence-corrected chi connectivity index (χ4v) is 5.62. The Hall–Kier alpha value is -2.76.